The van der Waals surface area contributed by atoms with E-state index in [0.29, 0.717) is 0 Å². The van der Waals surface area contributed by atoms with Gasteiger partial charge < -0.3 is 9.09 Å². The first-order valence-corrected chi connectivity index (χ1v) is 6.28. The summed E-state index contributed by atoms with van der Waals surface area (Å²) in [5.41, 5.74) is 1.02. The average Bonchev–Trinajstić information content (AvgIpc) is 2.96. The molecule has 5 heteroatoms. The third-order valence-electron chi connectivity index (χ3n) is 3.03. The van der Waals surface area contributed by atoms with Crippen LogP contribution < -0.4 is 0 Å². The number of imidazole rings is 1. The van der Waals surface area contributed by atoms with Crippen LogP contribution in [-0.2, 0) is 26.4 Å². The fourth-order valence-electron chi connectivity index (χ4n) is 1.87. The van der Waals surface area contributed by atoms with Gasteiger partial charge in [-0.25, -0.2) is 4.98 Å². The van der Waals surface area contributed by atoms with Gasteiger partial charge in [-0.15, -0.1) is 0 Å². The summed E-state index contributed by atoms with van der Waals surface area (Å²) in [7, 11) is 4.10. The van der Waals surface area contributed by atoms with Crippen molar-refractivity contribution in [1.29, 1.82) is 0 Å². The minimum atomic E-state index is 0.789. The lowest BCUT2D eigenvalue weighted by molar-refractivity contribution is 0.272. The molecule has 0 saturated heterocycles. The van der Waals surface area contributed by atoms with Crippen molar-refractivity contribution in [3.63, 3.8) is 0 Å². The molecule has 18 heavy (non-hydrogen) atoms. The second-order valence-electron chi connectivity index (χ2n) is 4.58. The number of nitrogens with zero attached hydrogens (tertiary/aromatic N) is 4. The first kappa shape index (κ1) is 12.8. The number of hydrogen-bond donors (Lipinski definition) is 0. The molecule has 0 saturated carbocycles. The summed E-state index contributed by atoms with van der Waals surface area (Å²) < 4.78 is 7.33. The zero-order valence-corrected chi connectivity index (χ0v) is 11.3. The maximum Gasteiger partial charge on any atom is 0.150 e. The highest BCUT2D eigenvalue weighted by molar-refractivity contribution is 5.04. The Labute approximate surface area is 107 Å². The van der Waals surface area contributed by atoms with Crippen molar-refractivity contribution >= 4 is 0 Å². The van der Waals surface area contributed by atoms with Gasteiger partial charge in [-0.2, -0.15) is 0 Å². The molecule has 2 aromatic heterocycles. The van der Waals surface area contributed by atoms with Crippen molar-refractivity contribution in [2.24, 2.45) is 7.05 Å². The molecule has 0 bridgehead atoms. The van der Waals surface area contributed by atoms with Crippen LogP contribution in [0.25, 0.3) is 0 Å². The molecule has 0 N–H and O–H groups in total. The van der Waals surface area contributed by atoms with Crippen LogP contribution in [0.1, 0.15) is 24.2 Å². The molecule has 0 aliphatic heterocycles. The Balaban J connectivity index is 1.81. The maximum atomic E-state index is 5.27. The molecule has 2 rings (SSSR count). The Kier molecular flexibility index (Phi) is 4.15. The van der Waals surface area contributed by atoms with E-state index in [9.17, 15) is 0 Å². The monoisotopic (exact) mass is 248 g/mol. The number of hydrogen-bond acceptors (Lipinski definition) is 4. The largest absolute Gasteiger partial charge is 0.360 e. The Morgan fingerprint density at radius 2 is 2.28 bits per heavy atom. The van der Waals surface area contributed by atoms with Crippen molar-refractivity contribution in [1.82, 2.24) is 19.6 Å². The summed E-state index contributed by atoms with van der Waals surface area (Å²) in [6, 6.07) is 2.03. The molecular formula is C13H20N4O. The normalized spacial score (nSPS) is 11.3. The molecule has 0 amide bonds. The van der Waals surface area contributed by atoms with Crippen LogP contribution in [0.2, 0.25) is 0 Å². The van der Waals surface area contributed by atoms with E-state index in [1.165, 1.54) is 0 Å². The van der Waals surface area contributed by atoms with E-state index in [1.54, 1.807) is 0 Å². The Morgan fingerprint density at radius 3 is 2.89 bits per heavy atom. The fraction of sp³-hybridized carbons (Fsp3) is 0.538. The van der Waals surface area contributed by atoms with Crippen LogP contribution in [0.15, 0.2) is 23.0 Å². The van der Waals surface area contributed by atoms with Gasteiger partial charge in [0.05, 0.1) is 12.2 Å². The third-order valence-corrected chi connectivity index (χ3v) is 3.03. The van der Waals surface area contributed by atoms with Crippen molar-refractivity contribution in [3.05, 3.63) is 35.7 Å². The molecule has 0 aromatic carbocycles. The first-order chi connectivity index (χ1) is 8.69. The molecule has 0 aliphatic carbocycles. The van der Waals surface area contributed by atoms with E-state index < -0.39 is 0 Å². The lowest BCUT2D eigenvalue weighted by Gasteiger charge is -2.14. The minimum absolute atomic E-state index is 0.789. The van der Waals surface area contributed by atoms with Crippen LogP contribution in [0.5, 0.6) is 0 Å². The lowest BCUT2D eigenvalue weighted by Crippen LogP contribution is -2.21. The molecule has 5 nitrogen and oxygen atoms in total. The van der Waals surface area contributed by atoms with E-state index in [1.807, 2.05) is 25.5 Å². The first-order valence-electron chi connectivity index (χ1n) is 6.28. The van der Waals surface area contributed by atoms with E-state index in [0.717, 1.165) is 43.2 Å². The lowest BCUT2D eigenvalue weighted by atomic mass is 10.3. The molecule has 0 atom stereocenters. The van der Waals surface area contributed by atoms with Gasteiger partial charge in [0.15, 0.2) is 5.76 Å². The molecule has 2 aromatic rings. The van der Waals surface area contributed by atoms with Gasteiger partial charge in [-0.1, -0.05) is 12.1 Å². The number of aryl methyl sites for hydroxylation is 2. The van der Waals surface area contributed by atoms with Crippen LogP contribution >= 0.6 is 0 Å². The molecule has 0 radical (unpaired) electrons. The van der Waals surface area contributed by atoms with E-state index in [2.05, 4.69) is 33.6 Å². The van der Waals surface area contributed by atoms with Crippen molar-refractivity contribution in [3.8, 4) is 0 Å². The van der Waals surface area contributed by atoms with Crippen molar-refractivity contribution in [2.45, 2.75) is 26.3 Å². The number of aromatic nitrogens is 3. The topological polar surface area (TPSA) is 47.1 Å². The van der Waals surface area contributed by atoms with Crippen LogP contribution in [-0.4, -0.2) is 33.2 Å². The Hall–Kier alpha value is -1.62. The molecule has 0 aliphatic rings. The maximum absolute atomic E-state index is 5.27. The Morgan fingerprint density at radius 1 is 1.44 bits per heavy atom. The molecular weight excluding hydrogens is 228 g/mol. The van der Waals surface area contributed by atoms with Gasteiger partial charge >= 0.3 is 0 Å². The van der Waals surface area contributed by atoms with Crippen LogP contribution in [0.3, 0.4) is 0 Å². The average molecular weight is 248 g/mol. The molecule has 0 spiro atoms. The number of rotatable bonds is 6. The van der Waals surface area contributed by atoms with Gasteiger partial charge in [-0.05, 0) is 13.5 Å². The number of likely N-dealkylation sites (N-methyl/N-ethyl adjacent to an activating group) is 1. The van der Waals surface area contributed by atoms with Gasteiger partial charge in [0.25, 0.3) is 0 Å². The highest BCUT2D eigenvalue weighted by atomic mass is 16.5. The SMILES string of the molecule is CCc1cc(CN(C)CCc2nccn2C)on1. The summed E-state index contributed by atoms with van der Waals surface area (Å²) in [5, 5.41) is 3.99. The molecule has 0 unspecified atom stereocenters. The summed E-state index contributed by atoms with van der Waals surface area (Å²) in [4.78, 5) is 6.53. The standard InChI is InChI=1S/C13H20N4O/c1-4-11-9-12(18-15-11)10-16(2)7-5-13-14-6-8-17(13)3/h6,8-9H,4-5,7,10H2,1-3H3. The summed E-state index contributed by atoms with van der Waals surface area (Å²) in [6.45, 7) is 3.82. The van der Waals surface area contributed by atoms with Crippen LogP contribution in [0.4, 0.5) is 0 Å². The predicted octanol–water partition coefficient (Wildman–Crippen LogP) is 1.65. The fourth-order valence-corrected chi connectivity index (χ4v) is 1.87. The van der Waals surface area contributed by atoms with Gasteiger partial charge in [0.2, 0.25) is 0 Å². The summed E-state index contributed by atoms with van der Waals surface area (Å²) >= 11 is 0. The molecule has 2 heterocycles. The summed E-state index contributed by atoms with van der Waals surface area (Å²) in [6.07, 6.45) is 5.66. The predicted molar refractivity (Wildman–Crippen MR) is 69.1 cm³/mol. The van der Waals surface area contributed by atoms with E-state index in [-0.39, 0.29) is 0 Å². The van der Waals surface area contributed by atoms with Crippen LogP contribution in [0, 0.1) is 0 Å². The van der Waals surface area contributed by atoms with E-state index in [4.69, 9.17) is 4.52 Å². The highest BCUT2D eigenvalue weighted by Gasteiger charge is 2.07. The second kappa shape index (κ2) is 5.82. The van der Waals surface area contributed by atoms with Gasteiger partial charge in [0, 0.05) is 38.5 Å². The van der Waals surface area contributed by atoms with Gasteiger partial charge in [0.1, 0.15) is 5.82 Å². The van der Waals surface area contributed by atoms with Crippen molar-refractivity contribution in [2.75, 3.05) is 13.6 Å². The van der Waals surface area contributed by atoms with Gasteiger partial charge in [-0.3, -0.25) is 4.90 Å². The molecule has 0 fully saturated rings. The Bertz CT molecular complexity index is 489. The highest BCUT2D eigenvalue weighted by Crippen LogP contribution is 2.07. The minimum Gasteiger partial charge on any atom is -0.360 e. The van der Waals surface area contributed by atoms with Crippen molar-refractivity contribution < 1.29 is 4.52 Å². The zero-order chi connectivity index (χ0) is 13.0. The van der Waals surface area contributed by atoms with E-state index >= 15 is 0 Å². The zero-order valence-electron chi connectivity index (χ0n) is 11.3. The third kappa shape index (κ3) is 3.20. The molecule has 98 valence electrons. The second-order valence-corrected chi connectivity index (χ2v) is 4.58. The summed E-state index contributed by atoms with van der Waals surface area (Å²) in [5.74, 6) is 2.03. The quantitative estimate of drug-likeness (QED) is 0.780. The smallest absolute Gasteiger partial charge is 0.150 e.